The number of rotatable bonds is 4. The highest BCUT2D eigenvalue weighted by Crippen LogP contribution is 2.48. The third kappa shape index (κ3) is 3.21. The van der Waals surface area contributed by atoms with Gasteiger partial charge in [-0.3, -0.25) is 0 Å². The first-order valence-corrected chi connectivity index (χ1v) is 10.6. The molecule has 0 fully saturated rings. The highest BCUT2D eigenvalue weighted by molar-refractivity contribution is 9.10. The van der Waals surface area contributed by atoms with Crippen molar-refractivity contribution in [2.24, 2.45) is 5.10 Å². The van der Waals surface area contributed by atoms with E-state index in [0.717, 1.165) is 50.5 Å². The molecule has 0 aliphatic carbocycles. The van der Waals surface area contributed by atoms with Crippen molar-refractivity contribution in [1.29, 1.82) is 0 Å². The third-order valence-corrected chi connectivity index (χ3v) is 6.20. The summed E-state index contributed by atoms with van der Waals surface area (Å²) in [7, 11) is 3.34. The standard InChI is InChI=1S/C24H21BrN2O3/c1-28-17-10-7-15(8-11-17)20-14-21-18-5-3-4-6-22(18)30-24(27(21)26-20)16-9-12-23(29-2)19(25)13-16/h3-13,21,24H,14H2,1-2H3/t21-,24-/m1/s1. The van der Waals surface area contributed by atoms with E-state index >= 15 is 0 Å². The molecule has 2 atom stereocenters. The average Bonchev–Trinajstić information content (AvgIpc) is 3.24. The Morgan fingerprint density at radius 3 is 2.53 bits per heavy atom. The number of ether oxygens (including phenoxy) is 3. The summed E-state index contributed by atoms with van der Waals surface area (Å²) in [5.74, 6) is 2.53. The van der Waals surface area contributed by atoms with Crippen molar-refractivity contribution in [2.45, 2.75) is 18.7 Å². The third-order valence-electron chi connectivity index (χ3n) is 5.58. The van der Waals surface area contributed by atoms with Crippen molar-refractivity contribution in [3.8, 4) is 17.2 Å². The Morgan fingerprint density at radius 2 is 1.80 bits per heavy atom. The van der Waals surface area contributed by atoms with Crippen LogP contribution in [0.1, 0.15) is 35.4 Å². The largest absolute Gasteiger partial charge is 0.497 e. The molecule has 3 aromatic rings. The van der Waals surface area contributed by atoms with Gasteiger partial charge in [-0.1, -0.05) is 18.2 Å². The Hall–Kier alpha value is -2.99. The molecular weight excluding hydrogens is 444 g/mol. The Bertz CT molecular complexity index is 1110. The molecule has 0 aromatic heterocycles. The number of benzene rings is 3. The monoisotopic (exact) mass is 464 g/mol. The summed E-state index contributed by atoms with van der Waals surface area (Å²) in [6.45, 7) is 0. The molecule has 0 N–H and O–H groups in total. The molecule has 6 heteroatoms. The van der Waals surface area contributed by atoms with Gasteiger partial charge < -0.3 is 14.2 Å². The zero-order valence-electron chi connectivity index (χ0n) is 16.7. The summed E-state index contributed by atoms with van der Waals surface area (Å²) < 4.78 is 18.0. The lowest BCUT2D eigenvalue weighted by atomic mass is 9.96. The summed E-state index contributed by atoms with van der Waals surface area (Å²) in [5.41, 5.74) is 4.31. The number of hydrogen-bond acceptors (Lipinski definition) is 5. The second-order valence-electron chi connectivity index (χ2n) is 7.28. The lowest BCUT2D eigenvalue weighted by molar-refractivity contribution is -0.0190. The normalized spacial score (nSPS) is 19.4. The molecular formula is C24H21BrN2O3. The zero-order valence-corrected chi connectivity index (χ0v) is 18.3. The van der Waals surface area contributed by atoms with Gasteiger partial charge >= 0.3 is 0 Å². The molecule has 0 unspecified atom stereocenters. The van der Waals surface area contributed by atoms with E-state index in [0.29, 0.717) is 0 Å². The quantitative estimate of drug-likeness (QED) is 0.495. The average molecular weight is 465 g/mol. The number of methoxy groups -OCH3 is 2. The van der Waals surface area contributed by atoms with E-state index in [4.69, 9.17) is 19.3 Å². The number of fused-ring (bicyclic) bond motifs is 3. The van der Waals surface area contributed by atoms with E-state index in [-0.39, 0.29) is 12.3 Å². The first-order valence-electron chi connectivity index (χ1n) is 9.77. The van der Waals surface area contributed by atoms with Crippen LogP contribution in [0.15, 0.2) is 76.3 Å². The number of nitrogens with zero attached hydrogens (tertiary/aromatic N) is 2. The molecule has 0 radical (unpaired) electrons. The fraction of sp³-hybridized carbons (Fsp3) is 0.208. The molecule has 2 aliphatic heterocycles. The van der Waals surface area contributed by atoms with E-state index in [1.165, 1.54) is 0 Å². The molecule has 0 spiro atoms. The van der Waals surface area contributed by atoms with Crippen LogP contribution in [0.4, 0.5) is 0 Å². The minimum atomic E-state index is -0.317. The van der Waals surface area contributed by atoms with Crippen LogP contribution in [0.3, 0.4) is 0 Å². The highest BCUT2D eigenvalue weighted by atomic mass is 79.9. The van der Waals surface area contributed by atoms with Gasteiger partial charge in [0, 0.05) is 17.5 Å². The predicted octanol–water partition coefficient (Wildman–Crippen LogP) is 5.71. The lowest BCUT2D eigenvalue weighted by Gasteiger charge is -2.38. The van der Waals surface area contributed by atoms with Crippen LogP contribution in [0.25, 0.3) is 0 Å². The molecule has 2 aliphatic rings. The molecule has 2 heterocycles. The maximum Gasteiger partial charge on any atom is 0.213 e. The molecule has 3 aromatic carbocycles. The van der Waals surface area contributed by atoms with E-state index < -0.39 is 0 Å². The Labute approximate surface area is 184 Å². The van der Waals surface area contributed by atoms with Crippen LogP contribution in [-0.2, 0) is 0 Å². The van der Waals surface area contributed by atoms with E-state index in [9.17, 15) is 0 Å². The summed E-state index contributed by atoms with van der Waals surface area (Å²) in [6.07, 6.45) is 0.503. The summed E-state index contributed by atoms with van der Waals surface area (Å²) in [4.78, 5) is 0. The van der Waals surface area contributed by atoms with Crippen molar-refractivity contribution in [1.82, 2.24) is 5.01 Å². The van der Waals surface area contributed by atoms with Gasteiger partial charge in [0.2, 0.25) is 6.23 Å². The molecule has 0 bridgehead atoms. The molecule has 0 saturated heterocycles. The van der Waals surface area contributed by atoms with Crippen molar-refractivity contribution in [3.05, 3.63) is 87.9 Å². The molecule has 5 nitrogen and oxygen atoms in total. The van der Waals surface area contributed by atoms with E-state index in [1.54, 1.807) is 14.2 Å². The Kier molecular flexibility index (Phi) is 4.87. The SMILES string of the molecule is COc1ccc(C2=NN3[C@H](C2)c2ccccc2O[C@@H]3c2ccc(OC)c(Br)c2)cc1. The second kappa shape index (κ2) is 7.69. The van der Waals surface area contributed by atoms with Crippen molar-refractivity contribution < 1.29 is 14.2 Å². The molecule has 0 saturated carbocycles. The Morgan fingerprint density at radius 1 is 1.00 bits per heavy atom. The first kappa shape index (κ1) is 19.0. The minimum Gasteiger partial charge on any atom is -0.497 e. The van der Waals surface area contributed by atoms with Crippen molar-refractivity contribution >= 4 is 21.6 Å². The van der Waals surface area contributed by atoms with Crippen LogP contribution < -0.4 is 14.2 Å². The van der Waals surface area contributed by atoms with Crippen LogP contribution in [-0.4, -0.2) is 24.9 Å². The lowest BCUT2D eigenvalue weighted by Crippen LogP contribution is -2.33. The molecule has 30 heavy (non-hydrogen) atoms. The maximum atomic E-state index is 6.42. The van der Waals surface area contributed by atoms with Gasteiger partial charge in [-0.15, -0.1) is 0 Å². The smallest absolute Gasteiger partial charge is 0.213 e. The van der Waals surface area contributed by atoms with Gasteiger partial charge in [-0.05, 0) is 70.0 Å². The van der Waals surface area contributed by atoms with E-state index in [1.807, 2.05) is 42.5 Å². The number of hydrogen-bond donors (Lipinski definition) is 0. The predicted molar refractivity (Wildman–Crippen MR) is 119 cm³/mol. The van der Waals surface area contributed by atoms with Gasteiger partial charge in [-0.25, -0.2) is 5.01 Å². The zero-order chi connectivity index (χ0) is 20.7. The van der Waals surface area contributed by atoms with Gasteiger partial charge in [0.1, 0.15) is 17.2 Å². The molecule has 5 rings (SSSR count). The summed E-state index contributed by atoms with van der Waals surface area (Å²) >= 11 is 3.59. The number of hydrazone groups is 1. The summed E-state index contributed by atoms with van der Waals surface area (Å²) in [5, 5.41) is 7.08. The fourth-order valence-corrected chi connectivity index (χ4v) is 4.61. The van der Waals surface area contributed by atoms with Gasteiger partial charge in [0.25, 0.3) is 0 Å². The van der Waals surface area contributed by atoms with Crippen LogP contribution >= 0.6 is 15.9 Å². The molecule has 152 valence electrons. The van der Waals surface area contributed by atoms with Gasteiger partial charge in [0.15, 0.2) is 0 Å². The second-order valence-corrected chi connectivity index (χ2v) is 8.13. The molecule has 0 amide bonds. The summed E-state index contributed by atoms with van der Waals surface area (Å²) in [6, 6.07) is 22.4. The van der Waals surface area contributed by atoms with Crippen molar-refractivity contribution in [3.63, 3.8) is 0 Å². The topological polar surface area (TPSA) is 43.3 Å². The van der Waals surface area contributed by atoms with Crippen LogP contribution in [0.2, 0.25) is 0 Å². The Balaban J connectivity index is 1.56. The van der Waals surface area contributed by atoms with Gasteiger partial charge in [0.05, 0.1) is 30.4 Å². The maximum absolute atomic E-state index is 6.42. The number of halogens is 1. The van der Waals surface area contributed by atoms with Crippen LogP contribution in [0.5, 0.6) is 17.2 Å². The minimum absolute atomic E-state index is 0.123. The van der Waals surface area contributed by atoms with E-state index in [2.05, 4.69) is 45.2 Å². The highest BCUT2D eigenvalue weighted by Gasteiger charge is 2.40. The fourth-order valence-electron chi connectivity index (χ4n) is 4.05. The van der Waals surface area contributed by atoms with Gasteiger partial charge in [-0.2, -0.15) is 5.10 Å². The van der Waals surface area contributed by atoms with Crippen LogP contribution in [0, 0.1) is 0 Å². The number of para-hydroxylation sites is 1. The first-order chi connectivity index (χ1) is 14.7. The van der Waals surface area contributed by atoms with Crippen molar-refractivity contribution in [2.75, 3.05) is 14.2 Å².